The van der Waals surface area contributed by atoms with Crippen LogP contribution in [-0.4, -0.2) is 31.5 Å². The number of nitrogens with zero attached hydrogens (tertiary/aromatic N) is 1. The maximum absolute atomic E-state index is 12.7. The van der Waals surface area contributed by atoms with Crippen LogP contribution in [-0.2, 0) is 21.4 Å². The molecule has 5 nitrogen and oxygen atoms in total. The van der Waals surface area contributed by atoms with Crippen LogP contribution in [0.25, 0.3) is 0 Å². The molecule has 2 rings (SSSR count). The summed E-state index contributed by atoms with van der Waals surface area (Å²) in [6, 6.07) is 16.8. The average Bonchev–Trinajstić information content (AvgIpc) is 2.61. The highest BCUT2D eigenvalue weighted by atomic mass is 32.2. The van der Waals surface area contributed by atoms with Gasteiger partial charge in [0.05, 0.1) is 11.7 Å². The molecule has 140 valence electrons. The molecule has 0 saturated heterocycles. The number of anilines is 1. The van der Waals surface area contributed by atoms with Gasteiger partial charge in [0.25, 0.3) is 0 Å². The summed E-state index contributed by atoms with van der Waals surface area (Å²) in [5.41, 5.74) is 2.58. The van der Waals surface area contributed by atoms with Crippen LogP contribution < -0.4 is 4.72 Å². The van der Waals surface area contributed by atoms with Gasteiger partial charge in [-0.15, -0.1) is 0 Å². The third kappa shape index (κ3) is 5.88. The number of hydrogen-bond acceptors (Lipinski definition) is 3. The first kappa shape index (κ1) is 20.0. The van der Waals surface area contributed by atoms with E-state index in [1.54, 1.807) is 24.0 Å². The molecule has 1 unspecified atom stereocenters. The second-order valence-electron chi connectivity index (χ2n) is 6.49. The van der Waals surface area contributed by atoms with E-state index in [9.17, 15) is 13.2 Å². The molecule has 0 spiro atoms. The van der Waals surface area contributed by atoms with Crippen molar-refractivity contribution in [1.82, 2.24) is 4.90 Å². The summed E-state index contributed by atoms with van der Waals surface area (Å²) in [4.78, 5) is 14.4. The predicted octanol–water partition coefficient (Wildman–Crippen LogP) is 3.42. The van der Waals surface area contributed by atoms with Crippen molar-refractivity contribution in [2.24, 2.45) is 5.92 Å². The van der Waals surface area contributed by atoms with Crippen molar-refractivity contribution in [2.75, 3.05) is 17.0 Å². The Labute approximate surface area is 156 Å². The van der Waals surface area contributed by atoms with E-state index in [4.69, 9.17) is 0 Å². The van der Waals surface area contributed by atoms with E-state index < -0.39 is 15.9 Å². The second kappa shape index (κ2) is 8.85. The monoisotopic (exact) mass is 374 g/mol. The maximum atomic E-state index is 12.7. The lowest BCUT2D eigenvalue weighted by Crippen LogP contribution is -2.38. The highest BCUT2D eigenvalue weighted by Gasteiger charge is 2.25. The Morgan fingerprint density at radius 1 is 1.08 bits per heavy atom. The van der Waals surface area contributed by atoms with Gasteiger partial charge in [0.1, 0.15) is 0 Å². The summed E-state index contributed by atoms with van der Waals surface area (Å²) in [5.74, 6) is -1.03. The van der Waals surface area contributed by atoms with Gasteiger partial charge < -0.3 is 4.90 Å². The largest absolute Gasteiger partial charge is 0.338 e. The van der Waals surface area contributed by atoms with Crippen molar-refractivity contribution in [1.29, 1.82) is 0 Å². The fourth-order valence-corrected chi connectivity index (χ4v) is 4.08. The molecule has 1 N–H and O–H groups in total. The van der Waals surface area contributed by atoms with Gasteiger partial charge in [-0.2, -0.15) is 0 Å². The molecule has 2 aromatic carbocycles. The first-order chi connectivity index (χ1) is 12.3. The first-order valence-corrected chi connectivity index (χ1v) is 10.4. The molecule has 6 heteroatoms. The van der Waals surface area contributed by atoms with Crippen LogP contribution in [0.1, 0.15) is 25.0 Å². The summed E-state index contributed by atoms with van der Waals surface area (Å²) in [6.07, 6.45) is 0. The van der Waals surface area contributed by atoms with Crippen molar-refractivity contribution in [3.05, 3.63) is 65.7 Å². The van der Waals surface area contributed by atoms with Gasteiger partial charge in [0.15, 0.2) is 0 Å². The third-order valence-corrected chi connectivity index (χ3v) is 5.61. The number of sulfonamides is 1. The van der Waals surface area contributed by atoms with Crippen molar-refractivity contribution >= 4 is 21.6 Å². The van der Waals surface area contributed by atoms with E-state index in [-0.39, 0.29) is 11.7 Å². The van der Waals surface area contributed by atoms with E-state index in [0.717, 1.165) is 11.1 Å². The fraction of sp³-hybridized carbons (Fsp3) is 0.350. The molecule has 1 amide bonds. The zero-order valence-corrected chi connectivity index (χ0v) is 16.3. The number of nitrogens with one attached hydrogen (secondary N) is 1. The quantitative estimate of drug-likeness (QED) is 0.770. The van der Waals surface area contributed by atoms with Crippen LogP contribution in [0.4, 0.5) is 5.69 Å². The summed E-state index contributed by atoms with van der Waals surface area (Å²) >= 11 is 0. The Morgan fingerprint density at radius 3 is 2.27 bits per heavy atom. The molecule has 1 atom stereocenters. The van der Waals surface area contributed by atoms with E-state index in [2.05, 4.69) is 4.72 Å². The van der Waals surface area contributed by atoms with Gasteiger partial charge in [-0.25, -0.2) is 8.42 Å². The zero-order chi connectivity index (χ0) is 19.2. The molecule has 0 heterocycles. The number of hydrogen-bond donors (Lipinski definition) is 1. The molecule has 0 fully saturated rings. The SMILES string of the molecule is CCN(Cc1ccccc1)C(=O)C(C)CS(=O)(=O)Nc1ccc(C)cc1. The van der Waals surface area contributed by atoms with Gasteiger partial charge in [0, 0.05) is 18.8 Å². The highest BCUT2D eigenvalue weighted by Crippen LogP contribution is 2.15. The number of aryl methyl sites for hydroxylation is 1. The summed E-state index contributed by atoms with van der Waals surface area (Å²) in [6.45, 7) is 6.50. The molecule has 0 aromatic heterocycles. The van der Waals surface area contributed by atoms with Crippen molar-refractivity contribution in [3.8, 4) is 0 Å². The average molecular weight is 375 g/mol. The number of carbonyl (C=O) groups is 1. The Balaban J connectivity index is 2.00. The summed E-state index contributed by atoms with van der Waals surface area (Å²) in [5, 5.41) is 0. The van der Waals surface area contributed by atoms with E-state index in [1.807, 2.05) is 56.3 Å². The molecule has 0 aliphatic heterocycles. The Kier molecular flexibility index (Phi) is 6.80. The van der Waals surface area contributed by atoms with Crippen molar-refractivity contribution < 1.29 is 13.2 Å². The fourth-order valence-electron chi connectivity index (χ4n) is 2.70. The van der Waals surface area contributed by atoms with Crippen LogP contribution in [0.2, 0.25) is 0 Å². The van der Waals surface area contributed by atoms with Crippen LogP contribution >= 0.6 is 0 Å². The topological polar surface area (TPSA) is 66.5 Å². The van der Waals surface area contributed by atoms with Crippen LogP contribution in [0.3, 0.4) is 0 Å². The van der Waals surface area contributed by atoms with Gasteiger partial charge in [-0.05, 0) is 31.5 Å². The van der Waals surface area contributed by atoms with Gasteiger partial charge in [-0.3, -0.25) is 9.52 Å². The Morgan fingerprint density at radius 2 is 1.69 bits per heavy atom. The van der Waals surface area contributed by atoms with Crippen molar-refractivity contribution in [3.63, 3.8) is 0 Å². The molecule has 2 aromatic rings. The lowest BCUT2D eigenvalue weighted by molar-refractivity contribution is -0.134. The maximum Gasteiger partial charge on any atom is 0.233 e. The van der Waals surface area contributed by atoms with Crippen molar-refractivity contribution in [2.45, 2.75) is 27.3 Å². The molecule has 0 aliphatic carbocycles. The predicted molar refractivity (Wildman–Crippen MR) is 105 cm³/mol. The molecule has 0 radical (unpaired) electrons. The highest BCUT2D eigenvalue weighted by molar-refractivity contribution is 7.92. The molecule has 26 heavy (non-hydrogen) atoms. The Hall–Kier alpha value is -2.34. The van der Waals surface area contributed by atoms with E-state index in [1.165, 1.54) is 0 Å². The van der Waals surface area contributed by atoms with Gasteiger partial charge in [0.2, 0.25) is 15.9 Å². The summed E-state index contributed by atoms with van der Waals surface area (Å²) < 4.78 is 27.3. The normalized spacial score (nSPS) is 12.4. The standard InChI is InChI=1S/C20H26N2O3S/c1-4-22(14-18-8-6-5-7-9-18)20(23)17(3)15-26(24,25)21-19-12-10-16(2)11-13-19/h5-13,17,21H,4,14-15H2,1-3H3. The lowest BCUT2D eigenvalue weighted by atomic mass is 10.1. The minimum Gasteiger partial charge on any atom is -0.338 e. The number of rotatable bonds is 8. The number of benzene rings is 2. The minimum atomic E-state index is -3.60. The van der Waals surface area contributed by atoms with E-state index in [0.29, 0.717) is 18.8 Å². The first-order valence-electron chi connectivity index (χ1n) is 8.70. The number of carbonyl (C=O) groups excluding carboxylic acids is 1. The molecule has 0 saturated carbocycles. The molecular weight excluding hydrogens is 348 g/mol. The molecule has 0 aliphatic rings. The van der Waals surface area contributed by atoms with E-state index >= 15 is 0 Å². The molecule has 0 bridgehead atoms. The van der Waals surface area contributed by atoms with Gasteiger partial charge in [-0.1, -0.05) is 55.0 Å². The molecular formula is C20H26N2O3S. The summed E-state index contributed by atoms with van der Waals surface area (Å²) in [7, 11) is -3.60. The van der Waals surface area contributed by atoms with Crippen LogP contribution in [0.5, 0.6) is 0 Å². The lowest BCUT2D eigenvalue weighted by Gasteiger charge is -2.24. The second-order valence-corrected chi connectivity index (χ2v) is 8.26. The smallest absolute Gasteiger partial charge is 0.233 e. The van der Waals surface area contributed by atoms with Crippen LogP contribution in [0.15, 0.2) is 54.6 Å². The minimum absolute atomic E-state index is 0.161. The number of amides is 1. The zero-order valence-electron chi connectivity index (χ0n) is 15.5. The Bertz CT molecular complexity index is 818. The van der Waals surface area contributed by atoms with Gasteiger partial charge >= 0.3 is 0 Å². The van der Waals surface area contributed by atoms with Crippen LogP contribution in [0, 0.1) is 12.8 Å². The third-order valence-electron chi connectivity index (χ3n) is 4.13.